The van der Waals surface area contributed by atoms with Crippen LogP contribution in [0.25, 0.3) is 0 Å². The van der Waals surface area contributed by atoms with Gasteiger partial charge in [-0.25, -0.2) is 0 Å². The van der Waals surface area contributed by atoms with E-state index in [2.05, 4.69) is 13.8 Å². The van der Waals surface area contributed by atoms with E-state index in [1.165, 1.54) is 32.1 Å². The molecule has 2 N–H and O–H groups in total. The molecule has 0 bridgehead atoms. The Morgan fingerprint density at radius 1 is 1.50 bits per heavy atom. The van der Waals surface area contributed by atoms with Gasteiger partial charge in [0.05, 0.1) is 0 Å². The molecule has 1 saturated carbocycles. The molecule has 10 heavy (non-hydrogen) atoms. The van der Waals surface area contributed by atoms with Crippen LogP contribution in [-0.4, -0.2) is 5.54 Å². The number of nitrogens with two attached hydrogens (primary N) is 1. The van der Waals surface area contributed by atoms with Crippen LogP contribution < -0.4 is 5.73 Å². The first-order chi connectivity index (χ1) is 4.66. The molecule has 0 amide bonds. The molecule has 1 nitrogen and oxygen atoms in total. The predicted octanol–water partition coefficient (Wildman–Crippen LogP) is 2.30. The van der Waals surface area contributed by atoms with E-state index >= 15 is 0 Å². The summed E-state index contributed by atoms with van der Waals surface area (Å²) >= 11 is 0. The van der Waals surface area contributed by atoms with Crippen molar-refractivity contribution in [3.05, 3.63) is 0 Å². The maximum absolute atomic E-state index is 5.98. The summed E-state index contributed by atoms with van der Waals surface area (Å²) in [6.45, 7) is 4.56. The van der Waals surface area contributed by atoms with E-state index in [9.17, 15) is 0 Å². The minimum Gasteiger partial charge on any atom is -0.325 e. The number of hydrogen-bond acceptors (Lipinski definition) is 1. The Hall–Kier alpha value is -0.0400. The van der Waals surface area contributed by atoms with Crippen molar-refractivity contribution >= 4 is 0 Å². The van der Waals surface area contributed by atoms with Gasteiger partial charge in [0, 0.05) is 5.54 Å². The number of hydrogen-bond donors (Lipinski definition) is 1. The van der Waals surface area contributed by atoms with Crippen molar-refractivity contribution in [2.24, 2.45) is 11.7 Å². The zero-order chi connectivity index (χ0) is 7.61. The molecule has 0 aromatic carbocycles. The molecule has 0 radical (unpaired) electrons. The second-order valence-corrected chi connectivity index (χ2v) is 3.96. The van der Waals surface area contributed by atoms with Crippen LogP contribution in [0.2, 0.25) is 0 Å². The highest BCUT2D eigenvalue weighted by Crippen LogP contribution is 2.38. The van der Waals surface area contributed by atoms with Gasteiger partial charge in [0.2, 0.25) is 0 Å². The predicted molar refractivity (Wildman–Crippen MR) is 44.8 cm³/mol. The Balaban J connectivity index is 2.11. The Labute approximate surface area is 64.0 Å². The molecule has 0 aromatic rings. The zero-order valence-corrected chi connectivity index (χ0v) is 7.19. The fourth-order valence-electron chi connectivity index (χ4n) is 1.65. The molecule has 0 heterocycles. The van der Waals surface area contributed by atoms with Gasteiger partial charge in [0.1, 0.15) is 0 Å². The van der Waals surface area contributed by atoms with Gasteiger partial charge in [-0.2, -0.15) is 0 Å². The van der Waals surface area contributed by atoms with Gasteiger partial charge in [0.25, 0.3) is 0 Å². The largest absolute Gasteiger partial charge is 0.325 e. The van der Waals surface area contributed by atoms with Gasteiger partial charge in [-0.1, -0.05) is 26.7 Å². The average Bonchev–Trinajstić information content (AvgIpc) is 2.48. The van der Waals surface area contributed by atoms with E-state index in [4.69, 9.17) is 5.73 Å². The Kier molecular flexibility index (Phi) is 2.35. The van der Waals surface area contributed by atoms with E-state index in [1.807, 2.05) is 0 Å². The smallest absolute Gasteiger partial charge is 0.0158 e. The third-order valence-electron chi connectivity index (χ3n) is 2.43. The van der Waals surface area contributed by atoms with Crippen LogP contribution >= 0.6 is 0 Å². The van der Waals surface area contributed by atoms with Crippen LogP contribution in [0.15, 0.2) is 0 Å². The Morgan fingerprint density at radius 3 is 2.50 bits per heavy atom. The zero-order valence-electron chi connectivity index (χ0n) is 7.19. The van der Waals surface area contributed by atoms with E-state index in [0.717, 1.165) is 5.92 Å². The van der Waals surface area contributed by atoms with Crippen LogP contribution in [0.3, 0.4) is 0 Å². The minimum atomic E-state index is 0.272. The Bertz CT molecular complexity index is 105. The van der Waals surface area contributed by atoms with Gasteiger partial charge in [-0.3, -0.25) is 0 Å². The minimum absolute atomic E-state index is 0.272. The third-order valence-corrected chi connectivity index (χ3v) is 2.43. The van der Waals surface area contributed by atoms with Crippen molar-refractivity contribution in [3.8, 4) is 0 Å². The lowest BCUT2D eigenvalue weighted by atomic mass is 9.96. The van der Waals surface area contributed by atoms with Gasteiger partial charge in [-0.05, 0) is 25.2 Å². The molecule has 1 fully saturated rings. The molecule has 1 aliphatic carbocycles. The summed E-state index contributed by atoms with van der Waals surface area (Å²) in [6, 6.07) is 0. The second kappa shape index (κ2) is 2.91. The fraction of sp³-hybridized carbons (Fsp3) is 1.00. The van der Waals surface area contributed by atoms with E-state index in [1.54, 1.807) is 0 Å². The van der Waals surface area contributed by atoms with E-state index in [-0.39, 0.29) is 5.54 Å². The molecule has 1 aliphatic rings. The first-order valence-electron chi connectivity index (χ1n) is 4.45. The quantitative estimate of drug-likeness (QED) is 0.638. The van der Waals surface area contributed by atoms with Gasteiger partial charge in [-0.15, -0.1) is 0 Å². The molecule has 0 spiro atoms. The standard InChI is InChI=1S/C9H19N/c1-3-4-8(2)7-9(10)5-6-9/h8H,3-7,10H2,1-2H3. The summed E-state index contributed by atoms with van der Waals surface area (Å²) in [4.78, 5) is 0. The van der Waals surface area contributed by atoms with Gasteiger partial charge >= 0.3 is 0 Å². The van der Waals surface area contributed by atoms with Crippen molar-refractivity contribution in [3.63, 3.8) is 0 Å². The van der Waals surface area contributed by atoms with Crippen LogP contribution in [0.1, 0.15) is 46.0 Å². The lowest BCUT2D eigenvalue weighted by Crippen LogP contribution is -2.24. The highest BCUT2D eigenvalue weighted by atomic mass is 14.8. The first kappa shape index (κ1) is 8.06. The van der Waals surface area contributed by atoms with Crippen LogP contribution in [0.5, 0.6) is 0 Å². The summed E-state index contributed by atoms with van der Waals surface area (Å²) in [5, 5.41) is 0. The van der Waals surface area contributed by atoms with Crippen molar-refractivity contribution < 1.29 is 0 Å². The molecule has 0 saturated heterocycles. The van der Waals surface area contributed by atoms with Gasteiger partial charge < -0.3 is 5.73 Å². The van der Waals surface area contributed by atoms with Crippen LogP contribution in [-0.2, 0) is 0 Å². The van der Waals surface area contributed by atoms with Crippen molar-refractivity contribution in [1.82, 2.24) is 0 Å². The van der Waals surface area contributed by atoms with Crippen LogP contribution in [0.4, 0.5) is 0 Å². The summed E-state index contributed by atoms with van der Waals surface area (Å²) in [5.74, 6) is 0.845. The second-order valence-electron chi connectivity index (χ2n) is 3.96. The molecule has 0 aromatic heterocycles. The monoisotopic (exact) mass is 141 g/mol. The van der Waals surface area contributed by atoms with Gasteiger partial charge in [0.15, 0.2) is 0 Å². The molecule has 1 heteroatoms. The molecular weight excluding hydrogens is 122 g/mol. The molecule has 1 atom stereocenters. The maximum atomic E-state index is 5.98. The van der Waals surface area contributed by atoms with Crippen LogP contribution in [0, 0.1) is 5.92 Å². The highest BCUT2D eigenvalue weighted by Gasteiger charge is 2.38. The lowest BCUT2D eigenvalue weighted by Gasteiger charge is -2.14. The third kappa shape index (κ3) is 2.30. The van der Waals surface area contributed by atoms with Crippen molar-refractivity contribution in [2.45, 2.75) is 51.5 Å². The van der Waals surface area contributed by atoms with Crippen molar-refractivity contribution in [2.75, 3.05) is 0 Å². The van der Waals surface area contributed by atoms with E-state index < -0.39 is 0 Å². The summed E-state index contributed by atoms with van der Waals surface area (Å²) < 4.78 is 0. The normalized spacial score (nSPS) is 24.3. The summed E-state index contributed by atoms with van der Waals surface area (Å²) in [6.07, 6.45) is 6.43. The molecular formula is C9H19N. The molecule has 0 aliphatic heterocycles. The van der Waals surface area contributed by atoms with E-state index in [0.29, 0.717) is 0 Å². The topological polar surface area (TPSA) is 26.0 Å². The molecule has 60 valence electrons. The highest BCUT2D eigenvalue weighted by molar-refractivity contribution is 4.99. The fourth-order valence-corrected chi connectivity index (χ4v) is 1.65. The molecule has 1 rings (SSSR count). The lowest BCUT2D eigenvalue weighted by molar-refractivity contribution is 0.423. The number of rotatable bonds is 4. The van der Waals surface area contributed by atoms with Crippen molar-refractivity contribution in [1.29, 1.82) is 0 Å². The Morgan fingerprint density at radius 2 is 2.10 bits per heavy atom. The maximum Gasteiger partial charge on any atom is 0.0158 e. The molecule has 1 unspecified atom stereocenters. The summed E-state index contributed by atoms with van der Waals surface area (Å²) in [7, 11) is 0. The average molecular weight is 141 g/mol. The summed E-state index contributed by atoms with van der Waals surface area (Å²) in [5.41, 5.74) is 6.25. The SMILES string of the molecule is CCCC(C)CC1(N)CC1. The first-order valence-corrected chi connectivity index (χ1v) is 4.45.